The zero-order valence-electron chi connectivity index (χ0n) is 20.3. The summed E-state index contributed by atoms with van der Waals surface area (Å²) in [6.07, 6.45) is 4.26. The summed E-state index contributed by atoms with van der Waals surface area (Å²) in [7, 11) is 0. The van der Waals surface area contributed by atoms with Gasteiger partial charge in [0.05, 0.1) is 22.3 Å². The van der Waals surface area contributed by atoms with Gasteiger partial charge in [-0.1, -0.05) is 49.3 Å². The van der Waals surface area contributed by atoms with Gasteiger partial charge in [-0.15, -0.1) is 0 Å². The van der Waals surface area contributed by atoms with Crippen molar-refractivity contribution >= 4 is 40.2 Å². The topological polar surface area (TPSA) is 55.2 Å². The molecule has 0 unspecified atom stereocenters. The Bertz CT molecular complexity index is 1230. The van der Waals surface area contributed by atoms with Crippen LogP contribution in [0.1, 0.15) is 64.9 Å². The Labute approximate surface area is 210 Å². The Hall–Kier alpha value is -2.31. The highest BCUT2D eigenvalue weighted by Crippen LogP contribution is 2.27. The highest BCUT2D eigenvalue weighted by molar-refractivity contribution is 7.99. The van der Waals surface area contributed by atoms with Crippen LogP contribution in [0.5, 0.6) is 0 Å². The molecule has 4 rings (SSSR count). The van der Waals surface area contributed by atoms with E-state index in [0.29, 0.717) is 27.0 Å². The predicted molar refractivity (Wildman–Crippen MR) is 141 cm³/mol. The van der Waals surface area contributed by atoms with Crippen LogP contribution in [0.25, 0.3) is 16.6 Å². The average molecular weight is 498 g/mol. The Kier molecular flexibility index (Phi) is 7.68. The van der Waals surface area contributed by atoms with Crippen molar-refractivity contribution < 1.29 is 4.79 Å². The molecular weight excluding hydrogens is 466 g/mol. The summed E-state index contributed by atoms with van der Waals surface area (Å²) in [5.41, 5.74) is 2.37. The molecule has 7 heteroatoms. The molecule has 2 heterocycles. The van der Waals surface area contributed by atoms with Crippen LogP contribution in [0, 0.1) is 0 Å². The standard InChI is InChI=1S/C27H32ClN3O2S/c1-5-17(2)20-9-12-22(13-10-20)31-26(33)23-15-21(28)11-14-24(23)29-27(31)34-16-25(32)30-18(3)7-6-8-19(30)4/h9-15,17-19H,5-8,16H2,1-4H3/t17-,18-,19+/m1/s1. The van der Waals surface area contributed by atoms with E-state index in [4.69, 9.17) is 16.6 Å². The second-order valence-electron chi connectivity index (χ2n) is 9.32. The van der Waals surface area contributed by atoms with Crippen molar-refractivity contribution in [3.8, 4) is 5.69 Å². The molecule has 180 valence electrons. The number of carbonyl (C=O) groups excluding carboxylic acids is 1. The smallest absolute Gasteiger partial charge is 0.266 e. The van der Waals surface area contributed by atoms with Crippen LogP contribution in [-0.2, 0) is 4.79 Å². The van der Waals surface area contributed by atoms with E-state index in [0.717, 1.165) is 31.4 Å². The maximum atomic E-state index is 13.6. The molecule has 1 saturated heterocycles. The van der Waals surface area contributed by atoms with E-state index >= 15 is 0 Å². The Morgan fingerprint density at radius 1 is 1.15 bits per heavy atom. The maximum Gasteiger partial charge on any atom is 0.266 e. The number of hydrogen-bond donors (Lipinski definition) is 0. The first-order valence-electron chi connectivity index (χ1n) is 12.1. The van der Waals surface area contributed by atoms with Gasteiger partial charge in [0.2, 0.25) is 5.91 Å². The minimum atomic E-state index is -0.182. The van der Waals surface area contributed by atoms with Gasteiger partial charge in [-0.2, -0.15) is 0 Å². The van der Waals surface area contributed by atoms with Crippen LogP contribution < -0.4 is 5.56 Å². The third kappa shape index (κ3) is 5.03. The van der Waals surface area contributed by atoms with Crippen molar-refractivity contribution in [3.05, 3.63) is 63.4 Å². The summed E-state index contributed by atoms with van der Waals surface area (Å²) in [4.78, 5) is 33.5. The Balaban J connectivity index is 1.72. The lowest BCUT2D eigenvalue weighted by atomic mass is 9.98. The molecule has 1 aromatic heterocycles. The fourth-order valence-corrected chi connectivity index (χ4v) is 5.82. The van der Waals surface area contributed by atoms with Crippen molar-refractivity contribution in [2.75, 3.05) is 5.75 Å². The van der Waals surface area contributed by atoms with E-state index in [2.05, 4.69) is 39.8 Å². The molecule has 5 nitrogen and oxygen atoms in total. The summed E-state index contributed by atoms with van der Waals surface area (Å²) >= 11 is 7.51. The Morgan fingerprint density at radius 3 is 2.47 bits per heavy atom. The summed E-state index contributed by atoms with van der Waals surface area (Å²) in [6.45, 7) is 8.59. The van der Waals surface area contributed by atoms with Crippen LogP contribution in [-0.4, -0.2) is 38.2 Å². The van der Waals surface area contributed by atoms with Crippen LogP contribution >= 0.6 is 23.4 Å². The third-order valence-corrected chi connectivity index (χ3v) is 8.10. The van der Waals surface area contributed by atoms with Crippen molar-refractivity contribution in [1.29, 1.82) is 0 Å². The van der Waals surface area contributed by atoms with Gasteiger partial charge in [-0.05, 0) is 81.3 Å². The molecule has 0 spiro atoms. The summed E-state index contributed by atoms with van der Waals surface area (Å²) in [5, 5.41) is 1.47. The lowest BCUT2D eigenvalue weighted by Crippen LogP contribution is -2.48. The molecule has 0 radical (unpaired) electrons. The number of amides is 1. The number of likely N-dealkylation sites (tertiary alicyclic amines) is 1. The summed E-state index contributed by atoms with van der Waals surface area (Å²) < 4.78 is 1.61. The van der Waals surface area contributed by atoms with E-state index in [9.17, 15) is 9.59 Å². The van der Waals surface area contributed by atoms with Gasteiger partial charge < -0.3 is 4.90 Å². The first kappa shape index (κ1) is 24.8. The normalized spacial score (nSPS) is 19.4. The molecule has 1 fully saturated rings. The molecule has 0 bridgehead atoms. The molecule has 0 aliphatic carbocycles. The van der Waals surface area contributed by atoms with Crippen molar-refractivity contribution in [3.63, 3.8) is 0 Å². The van der Waals surface area contributed by atoms with Crippen LogP contribution in [0.2, 0.25) is 5.02 Å². The number of rotatable bonds is 6. The molecule has 1 aliphatic rings. The van der Waals surface area contributed by atoms with E-state index < -0.39 is 0 Å². The molecular formula is C27H32ClN3O2S. The molecule has 3 atom stereocenters. The predicted octanol–water partition coefficient (Wildman–Crippen LogP) is 6.43. The minimum Gasteiger partial charge on any atom is -0.337 e. The van der Waals surface area contributed by atoms with Gasteiger partial charge >= 0.3 is 0 Å². The van der Waals surface area contributed by atoms with Crippen LogP contribution in [0.3, 0.4) is 0 Å². The van der Waals surface area contributed by atoms with E-state index in [-0.39, 0.29) is 29.3 Å². The summed E-state index contributed by atoms with van der Waals surface area (Å²) in [5.74, 6) is 0.777. The number of thioether (sulfide) groups is 1. The fourth-order valence-electron chi connectivity index (χ4n) is 4.76. The number of nitrogens with zero attached hydrogens (tertiary/aromatic N) is 3. The van der Waals surface area contributed by atoms with Gasteiger partial charge in [-0.25, -0.2) is 4.98 Å². The van der Waals surface area contributed by atoms with Crippen molar-refractivity contribution in [1.82, 2.24) is 14.5 Å². The zero-order chi connectivity index (χ0) is 24.4. The van der Waals surface area contributed by atoms with Gasteiger partial charge in [0.25, 0.3) is 5.56 Å². The zero-order valence-corrected chi connectivity index (χ0v) is 21.8. The molecule has 0 N–H and O–H groups in total. The number of hydrogen-bond acceptors (Lipinski definition) is 4. The molecule has 2 aromatic carbocycles. The van der Waals surface area contributed by atoms with Gasteiger partial charge in [0.1, 0.15) is 0 Å². The van der Waals surface area contributed by atoms with E-state index in [1.165, 1.54) is 17.3 Å². The van der Waals surface area contributed by atoms with E-state index in [1.54, 1.807) is 22.8 Å². The van der Waals surface area contributed by atoms with Crippen molar-refractivity contribution in [2.24, 2.45) is 0 Å². The number of benzene rings is 2. The third-order valence-electron chi connectivity index (χ3n) is 6.94. The first-order chi connectivity index (χ1) is 16.3. The number of aromatic nitrogens is 2. The lowest BCUT2D eigenvalue weighted by Gasteiger charge is -2.39. The maximum absolute atomic E-state index is 13.6. The van der Waals surface area contributed by atoms with Crippen LogP contribution in [0.4, 0.5) is 0 Å². The second kappa shape index (κ2) is 10.5. The first-order valence-corrected chi connectivity index (χ1v) is 13.4. The SMILES string of the molecule is CC[C@@H](C)c1ccc(-n2c(SCC(=O)N3[C@H](C)CCC[C@@H]3C)nc3ccc(Cl)cc3c2=O)cc1. The number of carbonyl (C=O) groups is 1. The number of halogens is 1. The van der Waals surface area contributed by atoms with Gasteiger partial charge in [0, 0.05) is 17.1 Å². The molecule has 1 amide bonds. The molecule has 3 aromatic rings. The number of fused-ring (bicyclic) bond motifs is 1. The molecule has 1 aliphatic heterocycles. The average Bonchev–Trinajstić information content (AvgIpc) is 2.83. The number of piperidine rings is 1. The molecule has 0 saturated carbocycles. The van der Waals surface area contributed by atoms with Crippen molar-refractivity contribution in [2.45, 2.75) is 76.5 Å². The minimum absolute atomic E-state index is 0.0915. The summed E-state index contributed by atoms with van der Waals surface area (Å²) in [6, 6.07) is 13.7. The largest absolute Gasteiger partial charge is 0.337 e. The van der Waals surface area contributed by atoms with E-state index in [1.807, 2.05) is 17.0 Å². The highest BCUT2D eigenvalue weighted by atomic mass is 35.5. The Morgan fingerprint density at radius 2 is 1.82 bits per heavy atom. The van der Waals surface area contributed by atoms with Gasteiger partial charge in [0.15, 0.2) is 5.16 Å². The molecule has 34 heavy (non-hydrogen) atoms. The quantitative estimate of drug-likeness (QED) is 0.290. The monoisotopic (exact) mass is 497 g/mol. The fraction of sp³-hybridized carbons (Fsp3) is 0.444. The highest BCUT2D eigenvalue weighted by Gasteiger charge is 2.29. The van der Waals surface area contributed by atoms with Gasteiger partial charge in [-0.3, -0.25) is 14.2 Å². The van der Waals surface area contributed by atoms with Crippen LogP contribution in [0.15, 0.2) is 52.4 Å². The lowest BCUT2D eigenvalue weighted by molar-refractivity contribution is -0.134. The second-order valence-corrected chi connectivity index (χ2v) is 10.7.